The normalized spacial score (nSPS) is 33.6. The molecule has 57 heavy (non-hydrogen) atoms. The van der Waals surface area contributed by atoms with Crippen LogP contribution in [0.1, 0.15) is 121 Å². The largest absolute Gasteiger partial charge is 0.478 e. The van der Waals surface area contributed by atoms with E-state index in [4.69, 9.17) is 11.6 Å². The molecule has 6 nitrogen and oxygen atoms in total. The maximum absolute atomic E-state index is 14.3. The zero-order valence-corrected chi connectivity index (χ0v) is 37.5. The topological polar surface area (TPSA) is 81.1 Å². The highest BCUT2D eigenvalue weighted by molar-refractivity contribution is 6.30. The second-order valence-electron chi connectivity index (χ2n) is 20.5. The highest BCUT2D eigenvalue weighted by Crippen LogP contribution is 2.77. The molecule has 0 unspecified atom stereocenters. The number of ketones is 1. The van der Waals surface area contributed by atoms with E-state index >= 15 is 0 Å². The van der Waals surface area contributed by atoms with Gasteiger partial charge in [0.25, 0.3) is 0 Å². The van der Waals surface area contributed by atoms with Crippen molar-refractivity contribution < 1.29 is 19.8 Å². The quantitative estimate of drug-likeness (QED) is 0.235. The Morgan fingerprint density at radius 3 is 2.16 bits per heavy atom. The molecule has 3 saturated carbocycles. The average molecular weight is 820 g/mol. The van der Waals surface area contributed by atoms with E-state index in [0.29, 0.717) is 30.4 Å². The summed E-state index contributed by atoms with van der Waals surface area (Å²) in [5, 5.41) is 23.0. The van der Waals surface area contributed by atoms with Gasteiger partial charge in [0.2, 0.25) is 0 Å². The smallest absolute Gasteiger partial charge is 0.335 e. The third-order valence-corrected chi connectivity index (χ3v) is 17.0. The van der Waals surface area contributed by atoms with Crippen molar-refractivity contribution in [3.63, 3.8) is 0 Å². The number of aliphatic hydroxyl groups excluding tert-OH is 1. The minimum absolute atomic E-state index is 0. The van der Waals surface area contributed by atoms with Gasteiger partial charge in [0, 0.05) is 43.0 Å². The number of aromatic carboxylic acids is 1. The van der Waals surface area contributed by atoms with E-state index < -0.39 is 17.5 Å². The predicted octanol–water partition coefficient (Wildman–Crippen LogP) is 10.9. The maximum atomic E-state index is 14.3. The van der Waals surface area contributed by atoms with Gasteiger partial charge in [-0.2, -0.15) is 0 Å². The third-order valence-electron chi connectivity index (χ3n) is 16.8. The number of likely N-dealkylation sites (N-methyl/N-ethyl adjacent to an activating group) is 1. The van der Waals surface area contributed by atoms with Crippen LogP contribution in [0, 0.1) is 50.7 Å². The van der Waals surface area contributed by atoms with Gasteiger partial charge in [0.1, 0.15) is 0 Å². The van der Waals surface area contributed by atoms with Crippen molar-refractivity contribution >= 4 is 41.3 Å². The third kappa shape index (κ3) is 7.19. The number of carbonyl (C=O) groups is 2. The molecule has 2 aromatic rings. The summed E-state index contributed by atoms with van der Waals surface area (Å²) >= 11 is 6.25. The number of aliphatic hydroxyl groups is 1. The minimum Gasteiger partial charge on any atom is -0.478 e. The van der Waals surface area contributed by atoms with Gasteiger partial charge in [-0.1, -0.05) is 96.0 Å². The lowest BCUT2D eigenvalue weighted by atomic mass is 9.33. The second kappa shape index (κ2) is 15.8. The summed E-state index contributed by atoms with van der Waals surface area (Å²) in [6.45, 7) is 20.0. The molecule has 0 spiro atoms. The van der Waals surface area contributed by atoms with Gasteiger partial charge in [-0.05, 0) is 151 Å². The standard InChI is InChI=1S/C49H67ClN2O4.ClH/c1-31(2)42-38(53)28-49(41(54)30-52(27-26-51(8)9)29-32-10-16-35(50)17-11-32)25-24-47(6)37(43(42)49)18-19-40-46(5)22-20-36(33-12-14-34(15-13-33)44(55)56)45(3,4)39(46)21-23-48(40,47)7;/h10-17,20,31,37,39-41,54H,18-19,21-30H2,1-9H3,(H,55,56);1H/t37-,39+,40-,41+,46+,47-,48-,49+;/m1./s1. The number of hydrogen-bond acceptors (Lipinski definition) is 5. The molecule has 0 saturated heterocycles. The molecule has 312 valence electrons. The number of Topliss-reactive ketones (excluding diaryl/α,β-unsaturated/α-hetero) is 1. The van der Waals surface area contributed by atoms with E-state index in [9.17, 15) is 19.8 Å². The van der Waals surface area contributed by atoms with Crippen LogP contribution in [-0.2, 0) is 11.3 Å². The lowest BCUT2D eigenvalue weighted by Crippen LogP contribution is -2.64. The summed E-state index contributed by atoms with van der Waals surface area (Å²) in [5.74, 6) is 0.823. The monoisotopic (exact) mass is 818 g/mol. The summed E-state index contributed by atoms with van der Waals surface area (Å²) in [7, 11) is 4.19. The molecule has 2 aromatic carbocycles. The lowest BCUT2D eigenvalue weighted by Gasteiger charge is -2.71. The number of nitrogens with zero attached hydrogens (tertiary/aromatic N) is 2. The first-order valence-electron chi connectivity index (χ1n) is 21.4. The number of benzene rings is 2. The Labute approximate surface area is 353 Å². The minimum atomic E-state index is -0.888. The number of carboxylic acid groups (broad SMARTS) is 1. The molecule has 0 bridgehead atoms. The first kappa shape index (κ1) is 44.1. The van der Waals surface area contributed by atoms with Gasteiger partial charge in [0.15, 0.2) is 5.78 Å². The molecule has 0 radical (unpaired) electrons. The number of fused-ring (bicyclic) bond motifs is 7. The summed E-state index contributed by atoms with van der Waals surface area (Å²) < 4.78 is 0. The van der Waals surface area contributed by atoms with Crippen LogP contribution < -0.4 is 0 Å². The highest BCUT2D eigenvalue weighted by Gasteiger charge is 2.70. The average Bonchev–Trinajstić information content (AvgIpc) is 3.45. The fourth-order valence-electron chi connectivity index (χ4n) is 13.8. The van der Waals surface area contributed by atoms with Crippen LogP contribution in [0.3, 0.4) is 0 Å². The molecular weight excluding hydrogens is 751 g/mol. The SMILES string of the molecule is CC(C)C1=C2[C@H]3CC[C@@H]4[C@@]5(C)CC=C(c6ccc(C(=O)O)cc6)C(C)(C)[C@@H]5CC[C@@]4(C)[C@]3(C)CC[C@@]2([C@@H](O)CN(CCN(C)C)Cc2ccc(Cl)cc2)CC1=O.Cl. The van der Waals surface area contributed by atoms with Gasteiger partial charge < -0.3 is 15.1 Å². The molecule has 0 aromatic heterocycles. The predicted molar refractivity (Wildman–Crippen MR) is 235 cm³/mol. The van der Waals surface area contributed by atoms with Crippen LogP contribution >= 0.6 is 24.0 Å². The Balaban J connectivity index is 0.00000549. The fourth-order valence-corrected chi connectivity index (χ4v) is 14.0. The zero-order valence-electron chi connectivity index (χ0n) is 36.0. The fraction of sp³-hybridized carbons (Fsp3) is 0.633. The molecule has 2 N–H and O–H groups in total. The number of allylic oxidation sites excluding steroid dienone is 3. The van der Waals surface area contributed by atoms with Gasteiger partial charge in [-0.15, -0.1) is 12.4 Å². The van der Waals surface area contributed by atoms with Crippen molar-refractivity contribution in [1.29, 1.82) is 0 Å². The van der Waals surface area contributed by atoms with E-state index in [1.165, 1.54) is 16.7 Å². The number of carbonyl (C=O) groups excluding carboxylic acids is 1. The van der Waals surface area contributed by atoms with Crippen LogP contribution in [0.15, 0.2) is 65.8 Å². The summed E-state index contributed by atoms with van der Waals surface area (Å²) in [5.41, 5.74) is 6.01. The van der Waals surface area contributed by atoms with Gasteiger partial charge in [-0.25, -0.2) is 4.79 Å². The number of carboxylic acids is 1. The van der Waals surface area contributed by atoms with Crippen LogP contribution in [0.25, 0.3) is 5.57 Å². The summed E-state index contributed by atoms with van der Waals surface area (Å²) in [6.07, 6.45) is 9.71. The Morgan fingerprint density at radius 1 is 0.877 bits per heavy atom. The van der Waals surface area contributed by atoms with E-state index in [1.807, 2.05) is 24.3 Å². The first-order valence-corrected chi connectivity index (χ1v) is 21.8. The Morgan fingerprint density at radius 2 is 1.54 bits per heavy atom. The van der Waals surface area contributed by atoms with Crippen LogP contribution in [0.2, 0.25) is 5.02 Å². The lowest BCUT2D eigenvalue weighted by molar-refractivity contribution is -0.200. The molecule has 0 aliphatic heterocycles. The summed E-state index contributed by atoms with van der Waals surface area (Å²) in [4.78, 5) is 30.5. The van der Waals surface area contributed by atoms with Gasteiger partial charge in [-0.3, -0.25) is 9.69 Å². The van der Waals surface area contributed by atoms with E-state index in [-0.39, 0.29) is 51.7 Å². The van der Waals surface area contributed by atoms with Crippen LogP contribution in [0.4, 0.5) is 0 Å². The van der Waals surface area contributed by atoms with Crippen molar-refractivity contribution in [2.45, 2.75) is 112 Å². The molecule has 5 aliphatic rings. The first-order chi connectivity index (χ1) is 26.3. The molecule has 7 rings (SSSR count). The second-order valence-corrected chi connectivity index (χ2v) is 20.9. The Bertz CT molecular complexity index is 1900. The van der Waals surface area contributed by atoms with Gasteiger partial charge >= 0.3 is 5.97 Å². The van der Waals surface area contributed by atoms with Gasteiger partial charge in [0.05, 0.1) is 11.7 Å². The van der Waals surface area contributed by atoms with Crippen molar-refractivity contribution in [2.75, 3.05) is 33.7 Å². The van der Waals surface area contributed by atoms with Crippen LogP contribution in [-0.4, -0.2) is 71.6 Å². The van der Waals surface area contributed by atoms with E-state index in [0.717, 1.165) is 80.7 Å². The molecule has 3 fully saturated rings. The van der Waals surface area contributed by atoms with Crippen molar-refractivity contribution in [2.24, 2.45) is 50.7 Å². The Hall–Kier alpha value is -2.48. The molecule has 8 heteroatoms. The number of rotatable bonds is 11. The molecular formula is C49H68Cl2N2O4. The molecule has 5 aliphatic carbocycles. The van der Waals surface area contributed by atoms with Crippen molar-refractivity contribution in [3.05, 3.63) is 87.5 Å². The Kier molecular flexibility index (Phi) is 12.3. The number of hydrogen-bond donors (Lipinski definition) is 2. The van der Waals surface area contributed by atoms with Crippen LogP contribution in [0.5, 0.6) is 0 Å². The molecule has 0 amide bonds. The zero-order chi connectivity index (χ0) is 40.6. The van der Waals surface area contributed by atoms with Crippen molar-refractivity contribution in [3.8, 4) is 0 Å². The molecule has 8 atom stereocenters. The molecule has 0 heterocycles. The highest BCUT2D eigenvalue weighted by atomic mass is 35.5. The number of halogens is 2. The van der Waals surface area contributed by atoms with E-state index in [2.05, 4.69) is 90.6 Å². The van der Waals surface area contributed by atoms with E-state index in [1.54, 1.807) is 12.1 Å². The van der Waals surface area contributed by atoms with Crippen molar-refractivity contribution in [1.82, 2.24) is 9.80 Å². The maximum Gasteiger partial charge on any atom is 0.335 e. The summed E-state index contributed by atoms with van der Waals surface area (Å²) in [6, 6.07) is 15.6.